The zero-order valence-corrected chi connectivity index (χ0v) is 18.0. The van der Waals surface area contributed by atoms with Gasteiger partial charge in [0.1, 0.15) is 0 Å². The molecule has 0 bridgehead atoms. The average Bonchev–Trinajstić information content (AvgIpc) is 2.75. The Labute approximate surface area is 173 Å². The van der Waals surface area contributed by atoms with Gasteiger partial charge in [-0.15, -0.1) is 0 Å². The molecule has 152 valence electrons. The highest BCUT2D eigenvalue weighted by molar-refractivity contribution is 5.24. The van der Waals surface area contributed by atoms with E-state index >= 15 is 0 Å². The van der Waals surface area contributed by atoms with Crippen LogP contribution in [-0.2, 0) is 6.42 Å². The van der Waals surface area contributed by atoms with Crippen LogP contribution in [0.4, 0.5) is 0 Å². The minimum absolute atomic E-state index is 0.591. The van der Waals surface area contributed by atoms with E-state index < -0.39 is 0 Å². The van der Waals surface area contributed by atoms with Gasteiger partial charge in [-0.2, -0.15) is 0 Å². The minimum Gasteiger partial charge on any atom is -0.303 e. The van der Waals surface area contributed by atoms with Gasteiger partial charge in [0.15, 0.2) is 0 Å². The SMILES string of the molecule is CC=CCCCN(CCCCC)CCC(Cc1ccccc1)c1ccccc1. The van der Waals surface area contributed by atoms with Gasteiger partial charge < -0.3 is 4.90 Å². The highest BCUT2D eigenvalue weighted by atomic mass is 15.1. The molecule has 0 spiro atoms. The molecule has 1 atom stereocenters. The molecule has 2 rings (SSSR count). The largest absolute Gasteiger partial charge is 0.303 e. The molecular weight excluding hydrogens is 338 g/mol. The summed E-state index contributed by atoms with van der Waals surface area (Å²) in [6.07, 6.45) is 13.3. The van der Waals surface area contributed by atoms with Crippen LogP contribution in [0.25, 0.3) is 0 Å². The first kappa shape index (κ1) is 22.4. The number of allylic oxidation sites excluding steroid dienone is 2. The third-order valence-electron chi connectivity index (χ3n) is 5.55. The van der Waals surface area contributed by atoms with Crippen molar-refractivity contribution in [1.82, 2.24) is 4.90 Å². The van der Waals surface area contributed by atoms with Crippen LogP contribution in [0, 0.1) is 0 Å². The monoisotopic (exact) mass is 377 g/mol. The molecule has 0 amide bonds. The summed E-state index contributed by atoms with van der Waals surface area (Å²) in [6, 6.07) is 22.1. The highest BCUT2D eigenvalue weighted by Crippen LogP contribution is 2.25. The summed E-state index contributed by atoms with van der Waals surface area (Å²) < 4.78 is 0. The summed E-state index contributed by atoms with van der Waals surface area (Å²) in [5.41, 5.74) is 2.93. The van der Waals surface area contributed by atoms with Crippen molar-refractivity contribution < 1.29 is 0 Å². The molecule has 0 heterocycles. The van der Waals surface area contributed by atoms with E-state index in [0.29, 0.717) is 5.92 Å². The number of hydrogen-bond donors (Lipinski definition) is 0. The van der Waals surface area contributed by atoms with Gasteiger partial charge in [0.05, 0.1) is 0 Å². The fourth-order valence-corrected chi connectivity index (χ4v) is 3.87. The molecular formula is C27H39N. The average molecular weight is 378 g/mol. The molecule has 0 N–H and O–H groups in total. The zero-order valence-electron chi connectivity index (χ0n) is 18.0. The molecule has 28 heavy (non-hydrogen) atoms. The Morgan fingerprint density at radius 2 is 1.50 bits per heavy atom. The third kappa shape index (κ3) is 8.89. The lowest BCUT2D eigenvalue weighted by atomic mass is 9.89. The predicted molar refractivity (Wildman–Crippen MR) is 124 cm³/mol. The second-order valence-corrected chi connectivity index (χ2v) is 7.85. The van der Waals surface area contributed by atoms with E-state index in [1.165, 1.54) is 69.3 Å². The number of unbranched alkanes of at least 4 members (excludes halogenated alkanes) is 3. The first-order valence-corrected chi connectivity index (χ1v) is 11.3. The molecule has 2 aromatic carbocycles. The first-order valence-electron chi connectivity index (χ1n) is 11.3. The Morgan fingerprint density at radius 1 is 0.821 bits per heavy atom. The summed E-state index contributed by atoms with van der Waals surface area (Å²) >= 11 is 0. The number of hydrogen-bond acceptors (Lipinski definition) is 1. The molecule has 2 aromatic rings. The van der Waals surface area contributed by atoms with E-state index in [2.05, 4.69) is 91.6 Å². The van der Waals surface area contributed by atoms with Crippen molar-refractivity contribution in [3.63, 3.8) is 0 Å². The molecule has 0 saturated heterocycles. The number of rotatable bonds is 14. The standard InChI is InChI=1S/C27H39N/c1-3-5-7-15-22-28(21-14-6-4-2)23-20-27(26-18-12-9-13-19-26)24-25-16-10-8-11-17-25/h3,5,8-13,16-19,27H,4,6-7,14-15,20-24H2,1-2H3. The van der Waals surface area contributed by atoms with Gasteiger partial charge in [0, 0.05) is 0 Å². The van der Waals surface area contributed by atoms with E-state index in [1.54, 1.807) is 0 Å². The van der Waals surface area contributed by atoms with Crippen LogP contribution >= 0.6 is 0 Å². The molecule has 0 aliphatic heterocycles. The molecule has 1 nitrogen and oxygen atoms in total. The van der Waals surface area contributed by atoms with Crippen LogP contribution in [-0.4, -0.2) is 24.5 Å². The van der Waals surface area contributed by atoms with E-state index in [0.717, 1.165) is 6.42 Å². The highest BCUT2D eigenvalue weighted by Gasteiger charge is 2.14. The maximum Gasteiger partial charge on any atom is -0.00128 e. The van der Waals surface area contributed by atoms with Crippen LogP contribution in [0.3, 0.4) is 0 Å². The van der Waals surface area contributed by atoms with Crippen molar-refractivity contribution in [3.8, 4) is 0 Å². The van der Waals surface area contributed by atoms with Gasteiger partial charge in [-0.3, -0.25) is 0 Å². The maximum atomic E-state index is 2.71. The summed E-state index contributed by atoms with van der Waals surface area (Å²) in [4.78, 5) is 2.71. The Hall–Kier alpha value is -1.86. The Kier molecular flexibility index (Phi) is 11.4. The van der Waals surface area contributed by atoms with Crippen LogP contribution in [0.1, 0.15) is 69.4 Å². The number of nitrogens with zero attached hydrogens (tertiary/aromatic N) is 1. The fourth-order valence-electron chi connectivity index (χ4n) is 3.87. The van der Waals surface area contributed by atoms with Crippen molar-refractivity contribution in [2.75, 3.05) is 19.6 Å². The molecule has 0 aliphatic rings. The molecule has 0 radical (unpaired) electrons. The van der Waals surface area contributed by atoms with Crippen molar-refractivity contribution in [3.05, 3.63) is 83.9 Å². The third-order valence-corrected chi connectivity index (χ3v) is 5.55. The summed E-state index contributed by atoms with van der Waals surface area (Å²) in [6.45, 7) is 8.08. The second kappa shape index (κ2) is 14.2. The van der Waals surface area contributed by atoms with Crippen molar-refractivity contribution in [2.24, 2.45) is 0 Å². The number of benzene rings is 2. The molecule has 1 unspecified atom stereocenters. The molecule has 0 aromatic heterocycles. The summed E-state index contributed by atoms with van der Waals surface area (Å²) in [7, 11) is 0. The van der Waals surface area contributed by atoms with Crippen molar-refractivity contribution in [1.29, 1.82) is 0 Å². The zero-order chi connectivity index (χ0) is 19.9. The smallest absolute Gasteiger partial charge is 0.00128 e. The lowest BCUT2D eigenvalue weighted by molar-refractivity contribution is 0.254. The van der Waals surface area contributed by atoms with Gasteiger partial charge in [0.2, 0.25) is 0 Å². The first-order chi connectivity index (χ1) is 13.8. The lowest BCUT2D eigenvalue weighted by Gasteiger charge is -2.25. The summed E-state index contributed by atoms with van der Waals surface area (Å²) in [5.74, 6) is 0.591. The van der Waals surface area contributed by atoms with E-state index in [9.17, 15) is 0 Å². The molecule has 0 fully saturated rings. The Morgan fingerprint density at radius 3 is 2.18 bits per heavy atom. The lowest BCUT2D eigenvalue weighted by Crippen LogP contribution is -2.28. The topological polar surface area (TPSA) is 3.24 Å². The second-order valence-electron chi connectivity index (χ2n) is 7.85. The van der Waals surface area contributed by atoms with Gasteiger partial charge in [-0.1, -0.05) is 92.6 Å². The van der Waals surface area contributed by atoms with E-state index in [-0.39, 0.29) is 0 Å². The van der Waals surface area contributed by atoms with Gasteiger partial charge in [-0.25, -0.2) is 0 Å². The van der Waals surface area contributed by atoms with Crippen LogP contribution < -0.4 is 0 Å². The summed E-state index contributed by atoms with van der Waals surface area (Å²) in [5, 5.41) is 0. The maximum absolute atomic E-state index is 2.71. The van der Waals surface area contributed by atoms with Gasteiger partial charge in [-0.05, 0) is 75.7 Å². The Balaban J connectivity index is 1.98. The van der Waals surface area contributed by atoms with E-state index in [4.69, 9.17) is 0 Å². The van der Waals surface area contributed by atoms with Crippen molar-refractivity contribution >= 4 is 0 Å². The van der Waals surface area contributed by atoms with Gasteiger partial charge in [0.25, 0.3) is 0 Å². The fraction of sp³-hybridized carbons (Fsp3) is 0.481. The van der Waals surface area contributed by atoms with Gasteiger partial charge >= 0.3 is 0 Å². The minimum atomic E-state index is 0.591. The Bertz CT molecular complexity index is 632. The van der Waals surface area contributed by atoms with E-state index in [1.807, 2.05) is 0 Å². The van der Waals surface area contributed by atoms with Crippen LogP contribution in [0.5, 0.6) is 0 Å². The molecule has 0 aliphatic carbocycles. The quantitative estimate of drug-likeness (QED) is 0.247. The molecule has 0 saturated carbocycles. The van der Waals surface area contributed by atoms with Crippen LogP contribution in [0.15, 0.2) is 72.8 Å². The van der Waals surface area contributed by atoms with Crippen molar-refractivity contribution in [2.45, 2.75) is 64.7 Å². The van der Waals surface area contributed by atoms with Crippen LogP contribution in [0.2, 0.25) is 0 Å². The normalized spacial score (nSPS) is 12.7. The predicted octanol–water partition coefficient (Wildman–Crippen LogP) is 7.25. The molecule has 1 heteroatoms.